The number of rotatable bonds is 4. The maximum Gasteiger partial charge on any atom is 0.255 e. The van der Waals surface area contributed by atoms with Gasteiger partial charge in [0.15, 0.2) is 0 Å². The molecular weight excluding hydrogens is 378 g/mol. The molecule has 2 aliphatic rings. The minimum Gasteiger partial charge on any atom is -0.497 e. The SMILES string of the molecule is COc1ccc([C@@H]2C(C(=O)Nc3ccccn3)=C(C)N=C3C[C@@H](C)CC(=O)C32)cc1. The Hall–Kier alpha value is -3.28. The molecule has 4 rings (SSSR count). The van der Waals surface area contributed by atoms with Gasteiger partial charge in [0.05, 0.1) is 13.0 Å². The van der Waals surface area contributed by atoms with E-state index in [1.807, 2.05) is 37.3 Å². The van der Waals surface area contributed by atoms with Crippen molar-refractivity contribution in [3.63, 3.8) is 0 Å². The number of allylic oxidation sites excluding steroid dienone is 1. The fraction of sp³-hybridized carbons (Fsp3) is 0.333. The molecule has 2 aromatic rings. The molecule has 1 aliphatic heterocycles. The number of nitrogens with zero attached hydrogens (tertiary/aromatic N) is 2. The first-order valence-electron chi connectivity index (χ1n) is 10.1. The summed E-state index contributed by atoms with van der Waals surface area (Å²) in [5, 5.41) is 2.87. The molecule has 1 aliphatic carbocycles. The van der Waals surface area contributed by atoms with Crippen molar-refractivity contribution in [2.75, 3.05) is 12.4 Å². The predicted octanol–water partition coefficient (Wildman–Crippen LogP) is 4.16. The average Bonchev–Trinajstić information content (AvgIpc) is 2.73. The van der Waals surface area contributed by atoms with E-state index in [1.165, 1.54) is 0 Å². The lowest BCUT2D eigenvalue weighted by Gasteiger charge is -2.37. The molecule has 0 radical (unpaired) electrons. The van der Waals surface area contributed by atoms with Crippen molar-refractivity contribution in [2.24, 2.45) is 16.8 Å². The number of methoxy groups -OCH3 is 1. The number of carbonyl (C=O) groups is 2. The van der Waals surface area contributed by atoms with Crippen LogP contribution in [0.15, 0.2) is 64.9 Å². The Morgan fingerprint density at radius 1 is 1.10 bits per heavy atom. The van der Waals surface area contributed by atoms with E-state index in [0.29, 0.717) is 23.5 Å². The first kappa shape index (κ1) is 20.0. The molecule has 30 heavy (non-hydrogen) atoms. The molecule has 1 unspecified atom stereocenters. The van der Waals surface area contributed by atoms with Crippen molar-refractivity contribution in [1.29, 1.82) is 0 Å². The maximum atomic E-state index is 13.3. The molecular formula is C24H25N3O3. The number of amides is 1. The second-order valence-corrected chi connectivity index (χ2v) is 7.98. The van der Waals surface area contributed by atoms with E-state index in [9.17, 15) is 9.59 Å². The van der Waals surface area contributed by atoms with Gasteiger partial charge in [-0.25, -0.2) is 4.98 Å². The second-order valence-electron chi connectivity index (χ2n) is 7.98. The van der Waals surface area contributed by atoms with Crippen LogP contribution in [0.25, 0.3) is 0 Å². The van der Waals surface area contributed by atoms with Crippen LogP contribution in [0, 0.1) is 11.8 Å². The quantitative estimate of drug-likeness (QED) is 0.831. The highest BCUT2D eigenvalue weighted by Crippen LogP contribution is 2.44. The molecule has 3 atom stereocenters. The number of carbonyl (C=O) groups excluding carboxylic acids is 2. The molecule has 154 valence electrons. The summed E-state index contributed by atoms with van der Waals surface area (Å²) < 4.78 is 5.28. The summed E-state index contributed by atoms with van der Waals surface area (Å²) in [5.41, 5.74) is 2.95. The van der Waals surface area contributed by atoms with Gasteiger partial charge in [0.25, 0.3) is 5.91 Å². The topological polar surface area (TPSA) is 80.7 Å². The Kier molecular flexibility index (Phi) is 5.48. The van der Waals surface area contributed by atoms with Crippen LogP contribution < -0.4 is 10.1 Å². The van der Waals surface area contributed by atoms with Crippen LogP contribution in [-0.4, -0.2) is 29.5 Å². The summed E-state index contributed by atoms with van der Waals surface area (Å²) in [6.07, 6.45) is 2.90. The molecule has 0 bridgehead atoms. The molecule has 1 fully saturated rings. The zero-order valence-corrected chi connectivity index (χ0v) is 17.4. The lowest BCUT2D eigenvalue weighted by atomic mass is 9.67. The Bertz CT molecular complexity index is 1030. The number of ether oxygens (including phenoxy) is 1. The van der Waals surface area contributed by atoms with Crippen molar-refractivity contribution < 1.29 is 14.3 Å². The van der Waals surface area contributed by atoms with E-state index >= 15 is 0 Å². The summed E-state index contributed by atoms with van der Waals surface area (Å²) >= 11 is 0. The van der Waals surface area contributed by atoms with Gasteiger partial charge in [0, 0.05) is 35.5 Å². The Balaban J connectivity index is 1.79. The van der Waals surface area contributed by atoms with E-state index in [-0.39, 0.29) is 23.5 Å². The monoisotopic (exact) mass is 403 g/mol. The number of Topliss-reactive ketones (excluding diaryl/α,β-unsaturated/α-hetero) is 1. The standard InChI is InChI=1S/C24H25N3O3/c1-14-12-18-23(19(28)13-14)22(16-7-9-17(30-3)10-8-16)21(15(2)26-18)24(29)27-20-6-4-5-11-25-20/h4-11,14,22-23H,12-13H2,1-3H3,(H,25,27,29)/t14-,22-,23?/m1/s1. The van der Waals surface area contributed by atoms with E-state index in [1.54, 1.807) is 25.4 Å². The number of pyridine rings is 1. The van der Waals surface area contributed by atoms with Gasteiger partial charge in [-0.1, -0.05) is 25.1 Å². The zero-order chi connectivity index (χ0) is 21.3. The van der Waals surface area contributed by atoms with Gasteiger partial charge in [-0.3, -0.25) is 14.6 Å². The Labute approximate surface area is 176 Å². The van der Waals surface area contributed by atoms with Crippen LogP contribution in [-0.2, 0) is 9.59 Å². The number of aliphatic imine (C=N–C) groups is 1. The predicted molar refractivity (Wildman–Crippen MR) is 116 cm³/mol. The highest BCUT2D eigenvalue weighted by molar-refractivity contribution is 6.14. The van der Waals surface area contributed by atoms with E-state index in [0.717, 1.165) is 23.4 Å². The summed E-state index contributed by atoms with van der Waals surface area (Å²) in [4.78, 5) is 35.3. The van der Waals surface area contributed by atoms with Crippen molar-refractivity contribution in [3.05, 3.63) is 65.5 Å². The van der Waals surface area contributed by atoms with Crippen molar-refractivity contribution in [2.45, 2.75) is 32.6 Å². The van der Waals surface area contributed by atoms with Crippen LogP contribution in [0.3, 0.4) is 0 Å². The number of hydrogen-bond donors (Lipinski definition) is 1. The normalized spacial score (nSPS) is 23.5. The van der Waals surface area contributed by atoms with Crippen molar-refractivity contribution >= 4 is 23.2 Å². The second kappa shape index (κ2) is 8.22. The lowest BCUT2D eigenvalue weighted by Crippen LogP contribution is -2.41. The first-order chi connectivity index (χ1) is 14.5. The van der Waals surface area contributed by atoms with Gasteiger partial charge >= 0.3 is 0 Å². The van der Waals surface area contributed by atoms with Gasteiger partial charge < -0.3 is 10.1 Å². The van der Waals surface area contributed by atoms with Crippen LogP contribution >= 0.6 is 0 Å². The third-order valence-electron chi connectivity index (χ3n) is 5.78. The maximum absolute atomic E-state index is 13.3. The number of ketones is 1. The fourth-order valence-corrected chi connectivity index (χ4v) is 4.47. The number of benzene rings is 1. The van der Waals surface area contributed by atoms with Gasteiger partial charge in [-0.15, -0.1) is 0 Å². The lowest BCUT2D eigenvalue weighted by molar-refractivity contribution is -0.123. The largest absolute Gasteiger partial charge is 0.497 e. The molecule has 1 aromatic heterocycles. The highest BCUT2D eigenvalue weighted by atomic mass is 16.5. The van der Waals surface area contributed by atoms with Gasteiger partial charge in [-0.05, 0) is 49.1 Å². The third kappa shape index (κ3) is 3.77. The number of anilines is 1. The Morgan fingerprint density at radius 2 is 1.87 bits per heavy atom. The van der Waals surface area contributed by atoms with Gasteiger partial charge in [0.1, 0.15) is 17.4 Å². The highest BCUT2D eigenvalue weighted by Gasteiger charge is 2.44. The zero-order valence-electron chi connectivity index (χ0n) is 17.4. The van der Waals surface area contributed by atoms with Gasteiger partial charge in [-0.2, -0.15) is 0 Å². The summed E-state index contributed by atoms with van der Waals surface area (Å²) in [6.45, 7) is 3.91. The van der Waals surface area contributed by atoms with Crippen molar-refractivity contribution in [3.8, 4) is 5.75 Å². The van der Waals surface area contributed by atoms with E-state index in [2.05, 4.69) is 17.2 Å². The smallest absolute Gasteiger partial charge is 0.255 e. The van der Waals surface area contributed by atoms with Crippen LogP contribution in [0.5, 0.6) is 5.75 Å². The molecule has 0 saturated heterocycles. The molecule has 6 nitrogen and oxygen atoms in total. The fourth-order valence-electron chi connectivity index (χ4n) is 4.47. The third-order valence-corrected chi connectivity index (χ3v) is 5.78. The summed E-state index contributed by atoms with van der Waals surface area (Å²) in [5.74, 6) is 0.530. The summed E-state index contributed by atoms with van der Waals surface area (Å²) in [6, 6.07) is 12.9. The van der Waals surface area contributed by atoms with Crippen LogP contribution in [0.1, 0.15) is 38.2 Å². The van der Waals surface area contributed by atoms with E-state index in [4.69, 9.17) is 9.73 Å². The first-order valence-corrected chi connectivity index (χ1v) is 10.1. The molecule has 0 spiro atoms. The molecule has 1 N–H and O–H groups in total. The molecule has 1 amide bonds. The van der Waals surface area contributed by atoms with Crippen LogP contribution in [0.4, 0.5) is 5.82 Å². The molecule has 1 aromatic carbocycles. The molecule has 1 saturated carbocycles. The average molecular weight is 403 g/mol. The summed E-state index contributed by atoms with van der Waals surface area (Å²) in [7, 11) is 1.61. The van der Waals surface area contributed by atoms with Crippen LogP contribution in [0.2, 0.25) is 0 Å². The molecule has 2 heterocycles. The Morgan fingerprint density at radius 3 is 2.53 bits per heavy atom. The number of fused-ring (bicyclic) bond motifs is 1. The minimum absolute atomic E-state index is 0.143. The number of nitrogens with one attached hydrogen (secondary N) is 1. The molecule has 6 heteroatoms. The number of aromatic nitrogens is 1. The van der Waals surface area contributed by atoms with Gasteiger partial charge in [0.2, 0.25) is 0 Å². The number of hydrogen-bond acceptors (Lipinski definition) is 5. The van der Waals surface area contributed by atoms with Crippen molar-refractivity contribution in [1.82, 2.24) is 4.98 Å². The minimum atomic E-state index is -0.414. The van der Waals surface area contributed by atoms with E-state index < -0.39 is 5.92 Å².